The molecule has 1 heterocycles. The van der Waals surface area contributed by atoms with E-state index in [0.29, 0.717) is 6.61 Å². The minimum atomic E-state index is -0.508. The number of carbonyl (C=O) groups excluding carboxylic acids is 1. The van der Waals surface area contributed by atoms with Gasteiger partial charge in [0, 0.05) is 20.2 Å². The number of hydrogen-bond acceptors (Lipinski definition) is 5. The molecule has 7 heteroatoms. The first kappa shape index (κ1) is 12.3. The molecule has 1 aromatic rings. The van der Waals surface area contributed by atoms with Crippen LogP contribution in [0.2, 0.25) is 0 Å². The molecule has 0 fully saturated rings. The predicted molar refractivity (Wildman–Crippen MR) is 54.8 cm³/mol. The summed E-state index contributed by atoms with van der Waals surface area (Å²) in [5.41, 5.74) is 2.01. The molecular formula is C9H13N3O4. The molecule has 0 aliphatic rings. The Morgan fingerprint density at radius 2 is 2.25 bits per heavy atom. The number of carbonyl (C=O) groups is 1. The average Bonchev–Trinajstić information content (AvgIpc) is 2.28. The van der Waals surface area contributed by atoms with Crippen molar-refractivity contribution in [2.75, 3.05) is 20.3 Å². The average molecular weight is 227 g/mol. The lowest BCUT2D eigenvalue weighted by atomic mass is 10.4. The minimum absolute atomic E-state index is 0.111. The summed E-state index contributed by atoms with van der Waals surface area (Å²) in [6.45, 7) is 0.620. The van der Waals surface area contributed by atoms with Gasteiger partial charge in [-0.25, -0.2) is 10.2 Å². The Labute approximate surface area is 91.9 Å². The molecule has 0 bridgehead atoms. The Kier molecular flexibility index (Phi) is 4.62. The van der Waals surface area contributed by atoms with Gasteiger partial charge in [-0.05, 0) is 6.07 Å². The highest BCUT2D eigenvalue weighted by Crippen LogP contribution is 1.89. The molecule has 0 aromatic carbocycles. The van der Waals surface area contributed by atoms with Gasteiger partial charge in [0.1, 0.15) is 0 Å². The lowest BCUT2D eigenvalue weighted by Gasteiger charge is -2.05. The quantitative estimate of drug-likeness (QED) is 0.520. The molecule has 1 N–H and O–H groups in total. The van der Waals surface area contributed by atoms with Crippen molar-refractivity contribution in [1.29, 1.82) is 0 Å². The number of methoxy groups -OCH3 is 1. The standard InChI is InChI=1S/C9H13N3O4/c1-12-8(13)4-3-7(10-12)9(14)11-16-6-5-15-2/h3-4H,5-6H2,1-2H3,(H,11,14). The Morgan fingerprint density at radius 3 is 2.88 bits per heavy atom. The van der Waals surface area contributed by atoms with E-state index in [1.807, 2.05) is 0 Å². The Hall–Kier alpha value is -1.73. The molecule has 16 heavy (non-hydrogen) atoms. The van der Waals surface area contributed by atoms with Crippen molar-refractivity contribution < 1.29 is 14.4 Å². The zero-order chi connectivity index (χ0) is 12.0. The summed E-state index contributed by atoms with van der Waals surface area (Å²) in [6, 6.07) is 2.59. The molecule has 0 aliphatic heterocycles. The van der Waals surface area contributed by atoms with Crippen molar-refractivity contribution in [3.63, 3.8) is 0 Å². The highest BCUT2D eigenvalue weighted by molar-refractivity contribution is 5.91. The summed E-state index contributed by atoms with van der Waals surface area (Å²) in [4.78, 5) is 27.2. The third-order valence-corrected chi connectivity index (χ3v) is 1.75. The van der Waals surface area contributed by atoms with Crippen LogP contribution in [0.5, 0.6) is 0 Å². The normalized spacial score (nSPS) is 10.1. The van der Waals surface area contributed by atoms with Crippen molar-refractivity contribution in [3.8, 4) is 0 Å². The fourth-order valence-corrected chi connectivity index (χ4v) is 0.917. The summed E-state index contributed by atoms with van der Waals surface area (Å²) in [7, 11) is 2.99. The van der Waals surface area contributed by atoms with Crippen LogP contribution in [0.15, 0.2) is 16.9 Å². The summed E-state index contributed by atoms with van der Waals surface area (Å²) < 4.78 is 5.80. The number of aryl methyl sites for hydroxylation is 1. The van der Waals surface area contributed by atoms with Gasteiger partial charge >= 0.3 is 0 Å². The van der Waals surface area contributed by atoms with Gasteiger partial charge in [-0.2, -0.15) is 5.10 Å². The van der Waals surface area contributed by atoms with Crippen molar-refractivity contribution in [1.82, 2.24) is 15.3 Å². The topological polar surface area (TPSA) is 82.5 Å². The summed E-state index contributed by atoms with van der Waals surface area (Å²) in [5.74, 6) is -0.508. The van der Waals surface area contributed by atoms with Gasteiger partial charge in [0.2, 0.25) is 0 Å². The molecular weight excluding hydrogens is 214 g/mol. The van der Waals surface area contributed by atoms with Gasteiger partial charge in [-0.3, -0.25) is 14.4 Å². The van der Waals surface area contributed by atoms with Gasteiger partial charge in [-0.15, -0.1) is 0 Å². The fourth-order valence-electron chi connectivity index (χ4n) is 0.917. The van der Waals surface area contributed by atoms with Crippen LogP contribution in [0, 0.1) is 0 Å². The maximum Gasteiger partial charge on any atom is 0.295 e. The largest absolute Gasteiger partial charge is 0.382 e. The highest BCUT2D eigenvalue weighted by Gasteiger charge is 2.07. The number of hydrogen-bond donors (Lipinski definition) is 1. The Balaban J connectivity index is 2.53. The summed E-state index contributed by atoms with van der Waals surface area (Å²) >= 11 is 0. The lowest BCUT2D eigenvalue weighted by Crippen LogP contribution is -2.29. The van der Waals surface area contributed by atoms with Crippen LogP contribution in [-0.4, -0.2) is 36.0 Å². The van der Waals surface area contributed by atoms with E-state index in [2.05, 4.69) is 10.6 Å². The molecule has 0 saturated carbocycles. The number of hydroxylamine groups is 1. The SMILES string of the molecule is COCCONC(=O)c1ccc(=O)n(C)n1. The number of aromatic nitrogens is 2. The molecule has 0 saturated heterocycles. The fraction of sp³-hybridized carbons (Fsp3) is 0.444. The molecule has 7 nitrogen and oxygen atoms in total. The summed E-state index contributed by atoms with van der Waals surface area (Å²) in [6.07, 6.45) is 0. The maximum absolute atomic E-state index is 11.4. The van der Waals surface area contributed by atoms with Gasteiger partial charge in [-0.1, -0.05) is 0 Å². The van der Waals surface area contributed by atoms with E-state index in [0.717, 1.165) is 4.68 Å². The molecule has 88 valence electrons. The molecule has 1 amide bonds. The Bertz CT molecular complexity index is 415. The summed E-state index contributed by atoms with van der Waals surface area (Å²) in [5, 5.41) is 3.75. The zero-order valence-electron chi connectivity index (χ0n) is 9.10. The second kappa shape index (κ2) is 5.99. The third kappa shape index (κ3) is 3.44. The van der Waals surface area contributed by atoms with Crippen LogP contribution in [-0.2, 0) is 16.6 Å². The zero-order valence-corrected chi connectivity index (χ0v) is 9.10. The number of nitrogens with one attached hydrogen (secondary N) is 1. The van der Waals surface area contributed by atoms with Gasteiger partial charge in [0.05, 0.1) is 13.2 Å². The van der Waals surface area contributed by atoms with E-state index in [1.54, 1.807) is 0 Å². The van der Waals surface area contributed by atoms with Gasteiger partial charge in [0.25, 0.3) is 11.5 Å². The van der Waals surface area contributed by atoms with Crippen LogP contribution in [0.3, 0.4) is 0 Å². The first-order chi connectivity index (χ1) is 7.65. The van der Waals surface area contributed by atoms with Crippen LogP contribution in [0.1, 0.15) is 10.5 Å². The Morgan fingerprint density at radius 1 is 1.50 bits per heavy atom. The first-order valence-corrected chi connectivity index (χ1v) is 4.60. The second-order valence-corrected chi connectivity index (χ2v) is 2.95. The number of ether oxygens (including phenoxy) is 1. The number of amides is 1. The predicted octanol–water partition coefficient (Wildman–Crippen LogP) is -0.912. The molecule has 1 rings (SSSR count). The highest BCUT2D eigenvalue weighted by atomic mass is 16.7. The molecule has 1 aromatic heterocycles. The van der Waals surface area contributed by atoms with Gasteiger partial charge in [0.15, 0.2) is 5.69 Å². The lowest BCUT2D eigenvalue weighted by molar-refractivity contribution is 0.00846. The van der Waals surface area contributed by atoms with Crippen LogP contribution < -0.4 is 11.0 Å². The van der Waals surface area contributed by atoms with E-state index in [4.69, 9.17) is 9.57 Å². The second-order valence-electron chi connectivity index (χ2n) is 2.95. The number of nitrogens with zero attached hydrogens (tertiary/aromatic N) is 2. The molecule has 0 spiro atoms. The van der Waals surface area contributed by atoms with Crippen LogP contribution >= 0.6 is 0 Å². The van der Waals surface area contributed by atoms with E-state index >= 15 is 0 Å². The molecule has 0 radical (unpaired) electrons. The van der Waals surface area contributed by atoms with Crippen molar-refractivity contribution in [2.24, 2.45) is 7.05 Å². The van der Waals surface area contributed by atoms with E-state index in [-0.39, 0.29) is 17.9 Å². The molecule has 0 atom stereocenters. The van der Waals surface area contributed by atoms with E-state index < -0.39 is 5.91 Å². The van der Waals surface area contributed by atoms with Crippen molar-refractivity contribution in [3.05, 3.63) is 28.2 Å². The smallest absolute Gasteiger partial charge is 0.295 e. The monoisotopic (exact) mass is 227 g/mol. The minimum Gasteiger partial charge on any atom is -0.382 e. The van der Waals surface area contributed by atoms with Crippen LogP contribution in [0.25, 0.3) is 0 Å². The van der Waals surface area contributed by atoms with E-state index in [1.165, 1.54) is 26.3 Å². The third-order valence-electron chi connectivity index (χ3n) is 1.75. The number of rotatable bonds is 5. The molecule has 0 unspecified atom stereocenters. The van der Waals surface area contributed by atoms with Crippen molar-refractivity contribution >= 4 is 5.91 Å². The van der Waals surface area contributed by atoms with Gasteiger partial charge < -0.3 is 4.74 Å². The van der Waals surface area contributed by atoms with E-state index in [9.17, 15) is 9.59 Å². The van der Waals surface area contributed by atoms with Crippen molar-refractivity contribution in [2.45, 2.75) is 0 Å². The molecule has 0 aliphatic carbocycles. The van der Waals surface area contributed by atoms with Crippen LogP contribution in [0.4, 0.5) is 0 Å². The first-order valence-electron chi connectivity index (χ1n) is 4.60. The maximum atomic E-state index is 11.4.